The van der Waals surface area contributed by atoms with Crippen LogP contribution in [0.3, 0.4) is 0 Å². The standard InChI is InChI=1S/C12H18O3/c1-8(2)15-12(9(3)13)10-6-4-5-7-11(10)14/h4-9,12-14H,1-3H3. The van der Waals surface area contributed by atoms with Crippen LogP contribution < -0.4 is 0 Å². The van der Waals surface area contributed by atoms with Gasteiger partial charge in [0.2, 0.25) is 0 Å². The predicted octanol–water partition coefficient (Wildman–Crippen LogP) is 2.24. The van der Waals surface area contributed by atoms with Crippen LogP contribution in [0.25, 0.3) is 0 Å². The van der Waals surface area contributed by atoms with E-state index in [4.69, 9.17) is 4.74 Å². The predicted molar refractivity (Wildman–Crippen MR) is 58.7 cm³/mol. The summed E-state index contributed by atoms with van der Waals surface area (Å²) in [6, 6.07) is 6.91. The SMILES string of the molecule is CC(C)OC(c1ccccc1O)C(C)O. The number of aliphatic hydroxyl groups excluding tert-OH is 1. The Morgan fingerprint density at radius 3 is 2.20 bits per heavy atom. The molecule has 0 bridgehead atoms. The fourth-order valence-electron chi connectivity index (χ4n) is 1.47. The van der Waals surface area contributed by atoms with E-state index in [-0.39, 0.29) is 11.9 Å². The summed E-state index contributed by atoms with van der Waals surface area (Å²) in [6.45, 7) is 5.45. The lowest BCUT2D eigenvalue weighted by molar-refractivity contribution is -0.0613. The first-order valence-electron chi connectivity index (χ1n) is 5.13. The molecule has 1 aromatic carbocycles. The van der Waals surface area contributed by atoms with Crippen LogP contribution in [0.2, 0.25) is 0 Å². The van der Waals surface area contributed by atoms with E-state index in [1.807, 2.05) is 19.9 Å². The average Bonchev–Trinajstić information content (AvgIpc) is 2.15. The second-order valence-corrected chi connectivity index (χ2v) is 3.90. The third-order valence-electron chi connectivity index (χ3n) is 2.10. The van der Waals surface area contributed by atoms with Crippen LogP contribution in [0.4, 0.5) is 0 Å². The van der Waals surface area contributed by atoms with E-state index < -0.39 is 12.2 Å². The van der Waals surface area contributed by atoms with Crippen LogP contribution in [-0.2, 0) is 4.74 Å². The van der Waals surface area contributed by atoms with E-state index in [0.717, 1.165) is 0 Å². The number of benzene rings is 1. The zero-order chi connectivity index (χ0) is 11.4. The summed E-state index contributed by atoms with van der Waals surface area (Å²) in [5.74, 6) is 0.157. The maximum atomic E-state index is 9.65. The maximum absolute atomic E-state index is 9.65. The Morgan fingerprint density at radius 2 is 1.73 bits per heavy atom. The quantitative estimate of drug-likeness (QED) is 0.801. The van der Waals surface area contributed by atoms with Crippen LogP contribution in [0, 0.1) is 0 Å². The van der Waals surface area contributed by atoms with E-state index in [2.05, 4.69) is 0 Å². The van der Waals surface area contributed by atoms with Gasteiger partial charge in [0.25, 0.3) is 0 Å². The maximum Gasteiger partial charge on any atom is 0.121 e. The van der Waals surface area contributed by atoms with Gasteiger partial charge in [0, 0.05) is 5.56 Å². The molecule has 84 valence electrons. The first-order valence-corrected chi connectivity index (χ1v) is 5.13. The minimum absolute atomic E-state index is 0.00389. The third-order valence-corrected chi connectivity index (χ3v) is 2.10. The van der Waals surface area contributed by atoms with Gasteiger partial charge in [-0.1, -0.05) is 18.2 Å². The number of para-hydroxylation sites is 1. The molecular weight excluding hydrogens is 192 g/mol. The van der Waals surface area contributed by atoms with Gasteiger partial charge in [-0.15, -0.1) is 0 Å². The highest BCUT2D eigenvalue weighted by atomic mass is 16.5. The van der Waals surface area contributed by atoms with Crippen LogP contribution in [0.1, 0.15) is 32.4 Å². The number of ether oxygens (including phenoxy) is 1. The van der Waals surface area contributed by atoms with Gasteiger partial charge in [-0.25, -0.2) is 0 Å². The van der Waals surface area contributed by atoms with Crippen molar-refractivity contribution in [1.82, 2.24) is 0 Å². The molecule has 1 aromatic rings. The molecule has 0 aromatic heterocycles. The van der Waals surface area contributed by atoms with E-state index in [0.29, 0.717) is 5.56 Å². The summed E-state index contributed by atoms with van der Waals surface area (Å²) in [7, 11) is 0. The highest BCUT2D eigenvalue weighted by Gasteiger charge is 2.21. The molecule has 2 atom stereocenters. The van der Waals surface area contributed by atoms with Crippen molar-refractivity contribution in [1.29, 1.82) is 0 Å². The van der Waals surface area contributed by atoms with Crippen LogP contribution in [0.5, 0.6) is 5.75 Å². The third kappa shape index (κ3) is 3.22. The van der Waals surface area contributed by atoms with E-state index >= 15 is 0 Å². The molecule has 3 nitrogen and oxygen atoms in total. The molecule has 0 aliphatic carbocycles. The molecule has 0 heterocycles. The second-order valence-electron chi connectivity index (χ2n) is 3.90. The topological polar surface area (TPSA) is 49.7 Å². The molecule has 0 saturated carbocycles. The van der Waals surface area contributed by atoms with Crippen molar-refractivity contribution in [2.45, 2.75) is 39.1 Å². The molecule has 3 heteroatoms. The van der Waals surface area contributed by atoms with Crippen LogP contribution in [-0.4, -0.2) is 22.4 Å². The van der Waals surface area contributed by atoms with Gasteiger partial charge in [0.1, 0.15) is 11.9 Å². The van der Waals surface area contributed by atoms with Crippen molar-refractivity contribution in [2.75, 3.05) is 0 Å². The lowest BCUT2D eigenvalue weighted by Crippen LogP contribution is -2.21. The summed E-state index contributed by atoms with van der Waals surface area (Å²) in [4.78, 5) is 0. The van der Waals surface area contributed by atoms with E-state index in [1.54, 1.807) is 25.1 Å². The number of phenolic OH excluding ortho intramolecular Hbond substituents is 1. The van der Waals surface area contributed by atoms with Gasteiger partial charge in [-0.3, -0.25) is 0 Å². The molecule has 0 spiro atoms. The Labute approximate surface area is 90.3 Å². The van der Waals surface area contributed by atoms with Crippen LogP contribution >= 0.6 is 0 Å². The summed E-state index contributed by atoms with van der Waals surface area (Å²) in [6.07, 6.45) is -1.13. The van der Waals surface area contributed by atoms with Gasteiger partial charge in [0.15, 0.2) is 0 Å². The van der Waals surface area contributed by atoms with Crippen LogP contribution in [0.15, 0.2) is 24.3 Å². The zero-order valence-electron chi connectivity index (χ0n) is 9.34. The van der Waals surface area contributed by atoms with E-state index in [9.17, 15) is 10.2 Å². The van der Waals surface area contributed by atoms with Crippen molar-refractivity contribution >= 4 is 0 Å². The van der Waals surface area contributed by atoms with Gasteiger partial charge < -0.3 is 14.9 Å². The molecule has 1 rings (SSSR count). The Kier molecular flexibility index (Phi) is 4.12. The largest absolute Gasteiger partial charge is 0.508 e. The van der Waals surface area contributed by atoms with Crippen molar-refractivity contribution < 1.29 is 14.9 Å². The summed E-state index contributed by atoms with van der Waals surface area (Å²) in [5, 5.41) is 19.3. The normalized spacial score (nSPS) is 15.3. The van der Waals surface area contributed by atoms with Gasteiger partial charge in [-0.05, 0) is 26.8 Å². The van der Waals surface area contributed by atoms with Crippen molar-refractivity contribution in [3.63, 3.8) is 0 Å². The molecule has 0 saturated heterocycles. The van der Waals surface area contributed by atoms with Gasteiger partial charge >= 0.3 is 0 Å². The lowest BCUT2D eigenvalue weighted by Gasteiger charge is -2.24. The fraction of sp³-hybridized carbons (Fsp3) is 0.500. The Hall–Kier alpha value is -1.06. The highest BCUT2D eigenvalue weighted by Crippen LogP contribution is 2.29. The lowest BCUT2D eigenvalue weighted by atomic mass is 10.0. The second kappa shape index (κ2) is 5.14. The Bertz CT molecular complexity index is 307. The minimum Gasteiger partial charge on any atom is -0.508 e. The molecular formula is C12H18O3. The minimum atomic E-state index is -0.652. The molecule has 0 amide bonds. The number of aromatic hydroxyl groups is 1. The Balaban J connectivity index is 2.94. The van der Waals surface area contributed by atoms with E-state index in [1.165, 1.54) is 0 Å². The molecule has 2 unspecified atom stereocenters. The molecule has 15 heavy (non-hydrogen) atoms. The number of phenols is 1. The fourth-order valence-corrected chi connectivity index (χ4v) is 1.47. The molecule has 0 fully saturated rings. The summed E-state index contributed by atoms with van der Waals surface area (Å²) >= 11 is 0. The first-order chi connectivity index (χ1) is 7.02. The summed E-state index contributed by atoms with van der Waals surface area (Å²) < 4.78 is 5.57. The number of rotatable bonds is 4. The zero-order valence-corrected chi connectivity index (χ0v) is 9.34. The molecule has 2 N–H and O–H groups in total. The number of hydrogen-bond acceptors (Lipinski definition) is 3. The average molecular weight is 210 g/mol. The molecule has 0 aliphatic heterocycles. The van der Waals surface area contributed by atoms with Gasteiger partial charge in [-0.2, -0.15) is 0 Å². The van der Waals surface area contributed by atoms with Crippen molar-refractivity contribution in [3.05, 3.63) is 29.8 Å². The van der Waals surface area contributed by atoms with Gasteiger partial charge in [0.05, 0.1) is 12.2 Å². The first kappa shape index (κ1) is 12.0. The molecule has 0 radical (unpaired) electrons. The number of aliphatic hydroxyl groups is 1. The van der Waals surface area contributed by atoms with Crippen molar-refractivity contribution in [3.8, 4) is 5.75 Å². The molecule has 0 aliphatic rings. The Morgan fingerprint density at radius 1 is 1.13 bits per heavy atom. The summed E-state index contributed by atoms with van der Waals surface area (Å²) in [5.41, 5.74) is 0.626. The highest BCUT2D eigenvalue weighted by molar-refractivity contribution is 5.34. The monoisotopic (exact) mass is 210 g/mol. The smallest absolute Gasteiger partial charge is 0.121 e. The number of hydrogen-bond donors (Lipinski definition) is 2. The van der Waals surface area contributed by atoms with Crippen molar-refractivity contribution in [2.24, 2.45) is 0 Å².